The summed E-state index contributed by atoms with van der Waals surface area (Å²) in [5.74, 6) is 1.90. The van der Waals surface area contributed by atoms with Crippen LogP contribution in [0, 0.1) is 11.8 Å². The lowest BCUT2D eigenvalue weighted by Gasteiger charge is -2.45. The van der Waals surface area contributed by atoms with E-state index in [2.05, 4.69) is 5.32 Å². The van der Waals surface area contributed by atoms with Gasteiger partial charge in [-0.05, 0) is 61.8 Å². The molecule has 4 N–H and O–H groups in total. The number of phenols is 1. The van der Waals surface area contributed by atoms with Crippen molar-refractivity contribution >= 4 is 17.7 Å². The average Bonchev–Trinajstić information content (AvgIpc) is 2.48. The van der Waals surface area contributed by atoms with E-state index in [0.29, 0.717) is 29.7 Å². The molecule has 120 valence electrons. The number of nitrogens with one attached hydrogen (secondary N) is 1. The summed E-state index contributed by atoms with van der Waals surface area (Å²) in [7, 11) is 0. The zero-order valence-corrected chi connectivity index (χ0v) is 13.5. The fourth-order valence-corrected chi connectivity index (χ4v) is 4.65. The average molecular weight is 320 g/mol. The third kappa shape index (κ3) is 3.76. The van der Waals surface area contributed by atoms with Crippen molar-refractivity contribution in [1.82, 2.24) is 5.32 Å². The standard InChI is InChI=1S/C17H24N2O2S/c18-13-8-11-2-1-3-12(9-13)17(11)19-16(21)10-22-15-6-4-14(20)5-7-15/h4-7,11-13,17,20H,1-3,8-10,18H2,(H,19,21). The molecule has 0 saturated heterocycles. The van der Waals surface area contributed by atoms with Crippen LogP contribution in [0.4, 0.5) is 0 Å². The van der Waals surface area contributed by atoms with Gasteiger partial charge in [0.05, 0.1) is 5.75 Å². The molecule has 1 amide bonds. The van der Waals surface area contributed by atoms with Crippen LogP contribution >= 0.6 is 11.8 Å². The van der Waals surface area contributed by atoms with Gasteiger partial charge in [0, 0.05) is 17.0 Å². The summed E-state index contributed by atoms with van der Waals surface area (Å²) in [4.78, 5) is 13.3. The van der Waals surface area contributed by atoms with E-state index in [1.54, 1.807) is 12.1 Å². The van der Waals surface area contributed by atoms with Crippen LogP contribution in [-0.4, -0.2) is 28.9 Å². The Morgan fingerprint density at radius 1 is 1.23 bits per heavy atom. The number of rotatable bonds is 4. The molecule has 2 aliphatic rings. The van der Waals surface area contributed by atoms with Gasteiger partial charge < -0.3 is 16.2 Å². The number of carbonyl (C=O) groups excluding carboxylic acids is 1. The Bertz CT molecular complexity index is 506. The molecule has 2 fully saturated rings. The molecule has 2 saturated carbocycles. The molecule has 2 aliphatic carbocycles. The Morgan fingerprint density at radius 2 is 1.86 bits per heavy atom. The second-order valence-electron chi connectivity index (χ2n) is 6.56. The van der Waals surface area contributed by atoms with Gasteiger partial charge in [-0.1, -0.05) is 6.42 Å². The molecule has 0 heterocycles. The number of amides is 1. The van der Waals surface area contributed by atoms with E-state index >= 15 is 0 Å². The number of fused-ring (bicyclic) bond motifs is 2. The largest absolute Gasteiger partial charge is 0.508 e. The minimum absolute atomic E-state index is 0.107. The molecule has 0 spiro atoms. The zero-order valence-electron chi connectivity index (χ0n) is 12.7. The number of nitrogens with two attached hydrogens (primary N) is 1. The van der Waals surface area contributed by atoms with Crippen molar-refractivity contribution in [2.75, 3.05) is 5.75 Å². The van der Waals surface area contributed by atoms with Crippen LogP contribution < -0.4 is 11.1 Å². The van der Waals surface area contributed by atoms with Crippen molar-refractivity contribution in [2.24, 2.45) is 17.6 Å². The highest BCUT2D eigenvalue weighted by atomic mass is 32.2. The fourth-order valence-electron chi connectivity index (χ4n) is 3.94. The first-order chi connectivity index (χ1) is 10.6. The number of hydrogen-bond donors (Lipinski definition) is 3. The summed E-state index contributed by atoms with van der Waals surface area (Å²) < 4.78 is 0. The molecular formula is C17H24N2O2S. The SMILES string of the molecule is NC1CC2CCCC(C1)C2NC(=O)CSc1ccc(O)cc1. The first-order valence-corrected chi connectivity index (χ1v) is 9.07. The Labute approximate surface area is 135 Å². The van der Waals surface area contributed by atoms with Gasteiger partial charge in [0.2, 0.25) is 5.91 Å². The molecule has 0 aromatic heterocycles. The van der Waals surface area contributed by atoms with Crippen LogP contribution in [0.5, 0.6) is 5.75 Å². The third-order valence-electron chi connectivity index (χ3n) is 4.91. The molecule has 5 heteroatoms. The van der Waals surface area contributed by atoms with Gasteiger partial charge in [0.25, 0.3) is 0 Å². The lowest BCUT2D eigenvalue weighted by molar-refractivity contribution is -0.120. The van der Waals surface area contributed by atoms with Gasteiger partial charge in [-0.2, -0.15) is 0 Å². The number of carbonyl (C=O) groups is 1. The second kappa shape index (κ2) is 6.92. The van der Waals surface area contributed by atoms with E-state index in [9.17, 15) is 9.90 Å². The van der Waals surface area contributed by atoms with Crippen LogP contribution in [0.25, 0.3) is 0 Å². The molecule has 0 aliphatic heterocycles. The number of aromatic hydroxyl groups is 1. The molecule has 2 unspecified atom stereocenters. The number of hydrogen-bond acceptors (Lipinski definition) is 4. The van der Waals surface area contributed by atoms with E-state index in [1.165, 1.54) is 31.0 Å². The van der Waals surface area contributed by atoms with Crippen molar-refractivity contribution in [3.63, 3.8) is 0 Å². The van der Waals surface area contributed by atoms with E-state index in [4.69, 9.17) is 5.73 Å². The molecule has 1 aromatic rings. The van der Waals surface area contributed by atoms with Gasteiger partial charge in [-0.15, -0.1) is 11.8 Å². The summed E-state index contributed by atoms with van der Waals surface area (Å²) >= 11 is 1.51. The molecule has 2 atom stereocenters. The molecule has 2 bridgehead atoms. The summed E-state index contributed by atoms with van der Waals surface area (Å²) in [6.07, 6.45) is 5.76. The minimum atomic E-state index is 0.107. The highest BCUT2D eigenvalue weighted by Gasteiger charge is 2.39. The van der Waals surface area contributed by atoms with Gasteiger partial charge in [-0.25, -0.2) is 0 Å². The van der Waals surface area contributed by atoms with Gasteiger partial charge in [0.1, 0.15) is 5.75 Å². The molecule has 22 heavy (non-hydrogen) atoms. The second-order valence-corrected chi connectivity index (χ2v) is 7.61. The normalized spacial score (nSPS) is 30.8. The summed E-state index contributed by atoms with van der Waals surface area (Å²) in [6.45, 7) is 0. The summed E-state index contributed by atoms with van der Waals surface area (Å²) in [5, 5.41) is 12.5. The fraction of sp³-hybridized carbons (Fsp3) is 0.588. The molecular weight excluding hydrogens is 296 g/mol. The minimum Gasteiger partial charge on any atom is -0.508 e. The highest BCUT2D eigenvalue weighted by Crippen LogP contribution is 2.39. The Balaban J connectivity index is 1.52. The molecule has 3 rings (SSSR count). The molecule has 0 radical (unpaired) electrons. The molecule has 1 aromatic carbocycles. The predicted octanol–water partition coefficient (Wildman–Crippen LogP) is 2.51. The van der Waals surface area contributed by atoms with Gasteiger partial charge >= 0.3 is 0 Å². The number of thioether (sulfide) groups is 1. The van der Waals surface area contributed by atoms with Crippen LogP contribution in [0.1, 0.15) is 32.1 Å². The van der Waals surface area contributed by atoms with Gasteiger partial charge in [0.15, 0.2) is 0 Å². The van der Waals surface area contributed by atoms with Crippen LogP contribution in [0.15, 0.2) is 29.2 Å². The van der Waals surface area contributed by atoms with Gasteiger partial charge in [-0.3, -0.25) is 4.79 Å². The monoisotopic (exact) mass is 320 g/mol. The smallest absolute Gasteiger partial charge is 0.230 e. The first-order valence-electron chi connectivity index (χ1n) is 8.08. The Morgan fingerprint density at radius 3 is 2.50 bits per heavy atom. The maximum absolute atomic E-state index is 12.3. The van der Waals surface area contributed by atoms with Crippen molar-refractivity contribution in [2.45, 2.75) is 49.1 Å². The highest BCUT2D eigenvalue weighted by molar-refractivity contribution is 8.00. The van der Waals surface area contributed by atoms with E-state index < -0.39 is 0 Å². The first kappa shape index (κ1) is 15.7. The lowest BCUT2D eigenvalue weighted by atomic mass is 9.67. The van der Waals surface area contributed by atoms with E-state index in [1.807, 2.05) is 12.1 Å². The van der Waals surface area contributed by atoms with Crippen molar-refractivity contribution in [1.29, 1.82) is 0 Å². The maximum atomic E-state index is 12.3. The number of benzene rings is 1. The quantitative estimate of drug-likeness (QED) is 0.745. The Kier molecular flexibility index (Phi) is 4.93. The van der Waals surface area contributed by atoms with Crippen LogP contribution in [-0.2, 0) is 4.79 Å². The lowest BCUT2D eigenvalue weighted by Crippen LogP contribution is -2.54. The summed E-state index contributed by atoms with van der Waals surface area (Å²) in [6, 6.07) is 7.60. The third-order valence-corrected chi connectivity index (χ3v) is 5.92. The van der Waals surface area contributed by atoms with E-state index in [-0.39, 0.29) is 11.7 Å². The number of phenolic OH excluding ortho intramolecular Hbond substituents is 1. The van der Waals surface area contributed by atoms with E-state index in [0.717, 1.165) is 17.7 Å². The van der Waals surface area contributed by atoms with Crippen molar-refractivity contribution < 1.29 is 9.90 Å². The maximum Gasteiger partial charge on any atom is 0.230 e. The zero-order chi connectivity index (χ0) is 15.5. The molecule has 4 nitrogen and oxygen atoms in total. The topological polar surface area (TPSA) is 75.3 Å². The predicted molar refractivity (Wildman–Crippen MR) is 88.8 cm³/mol. The van der Waals surface area contributed by atoms with Crippen molar-refractivity contribution in [3.8, 4) is 5.75 Å². The van der Waals surface area contributed by atoms with Crippen LogP contribution in [0.2, 0.25) is 0 Å². The Hall–Kier alpha value is -1.20. The summed E-state index contributed by atoms with van der Waals surface area (Å²) in [5.41, 5.74) is 6.13. The van der Waals surface area contributed by atoms with Crippen LogP contribution in [0.3, 0.4) is 0 Å². The van der Waals surface area contributed by atoms with Crippen molar-refractivity contribution in [3.05, 3.63) is 24.3 Å².